The highest BCUT2D eigenvalue weighted by atomic mass is 14.3. The van der Waals surface area contributed by atoms with E-state index < -0.39 is 0 Å². The lowest BCUT2D eigenvalue weighted by atomic mass is 9.82. The summed E-state index contributed by atoms with van der Waals surface area (Å²) in [6, 6.07) is 0. The van der Waals surface area contributed by atoms with Crippen LogP contribution in [0.3, 0.4) is 0 Å². The Hall–Kier alpha value is 0. The average molecular weight is 167 g/mol. The zero-order valence-electron chi connectivity index (χ0n) is 9.31. The Morgan fingerprint density at radius 2 is 1.58 bits per heavy atom. The number of fused-ring (bicyclic) bond motifs is 3. The molecule has 0 saturated heterocycles. The number of rotatable bonds is 0. The van der Waals surface area contributed by atoms with Crippen molar-refractivity contribution in [1.82, 2.24) is 0 Å². The van der Waals surface area contributed by atoms with Crippen LogP contribution in [0.15, 0.2) is 0 Å². The zero-order chi connectivity index (χ0) is 9.31. The Kier molecular flexibility index (Phi) is 2.35. The van der Waals surface area contributed by atoms with Gasteiger partial charge in [-0.05, 0) is 24.2 Å². The fourth-order valence-electron chi connectivity index (χ4n) is 2.99. The van der Waals surface area contributed by atoms with Gasteiger partial charge in [0.15, 0.2) is 0 Å². The highest BCUT2D eigenvalue weighted by Gasteiger charge is 2.23. The maximum Gasteiger partial charge on any atom is 0.0300 e. The molecule has 0 radical (unpaired) electrons. The quantitative estimate of drug-likeness (QED) is 0.511. The van der Waals surface area contributed by atoms with Gasteiger partial charge in [-0.1, -0.05) is 51.9 Å². The predicted octanol–water partition coefficient (Wildman–Crippen LogP) is 4.00. The van der Waals surface area contributed by atoms with E-state index in [0.29, 0.717) is 0 Å². The summed E-state index contributed by atoms with van der Waals surface area (Å²) in [6.07, 6.45) is 10.8. The molecule has 0 N–H and O–H groups in total. The highest BCUT2D eigenvalue weighted by molar-refractivity contribution is 4.76. The van der Waals surface area contributed by atoms with Crippen LogP contribution in [0.4, 0.5) is 0 Å². The van der Waals surface area contributed by atoms with Crippen LogP contribution in [0, 0.1) is 17.7 Å². The largest absolute Gasteiger partial charge is 0.0625 e. The van der Waals surface area contributed by atoms with Crippen LogP contribution in [0.2, 0.25) is 0 Å². The molecule has 0 spiro atoms. The Bertz CT molecular complexity index is 174. The van der Waals surface area contributed by atoms with E-state index in [1.807, 2.05) is 0 Å². The van der Waals surface area contributed by atoms with Crippen LogP contribution < -0.4 is 0 Å². The average Bonchev–Trinajstić information content (AvgIpc) is 2.21. The van der Waals surface area contributed by atoms with Gasteiger partial charge in [0.05, 0.1) is 0 Å². The van der Waals surface area contributed by atoms with Gasteiger partial charge in [-0.2, -0.15) is 0 Å². The minimum absolute atomic E-state index is 0.103. The fraction of sp³-hybridized carbons (Fsp3) is 1.00. The normalized spacial score (nSPS) is 50.6. The molecule has 2 aliphatic carbocycles. The van der Waals surface area contributed by atoms with Gasteiger partial charge in [-0.3, -0.25) is 0 Å². The molecule has 0 aromatic heterocycles. The molecule has 0 aliphatic heterocycles. The van der Waals surface area contributed by atoms with Crippen LogP contribution in [-0.4, -0.2) is 0 Å². The van der Waals surface area contributed by atoms with Crippen molar-refractivity contribution in [3.63, 3.8) is 0 Å². The predicted molar refractivity (Wildman–Crippen MR) is 53.1 cm³/mol. The van der Waals surface area contributed by atoms with Crippen molar-refractivity contribution in [1.29, 1.82) is 0 Å². The highest BCUT2D eigenvalue weighted by Crippen LogP contribution is 2.37. The lowest BCUT2D eigenvalue weighted by Gasteiger charge is -2.23. The van der Waals surface area contributed by atoms with Gasteiger partial charge in [0, 0.05) is 1.37 Å². The standard InChI is InChI=1S/C12H22/c1-10-5-6-11-3-2-4-12(9-10)8-7-11/h10-12H,2-9H2,1H3/t10-,11?,12?/m1/s1/i10D. The van der Waals surface area contributed by atoms with Crippen LogP contribution >= 0.6 is 0 Å². The second-order valence-electron chi connectivity index (χ2n) is 4.94. The van der Waals surface area contributed by atoms with Gasteiger partial charge in [0.1, 0.15) is 0 Å². The summed E-state index contributed by atoms with van der Waals surface area (Å²) in [7, 11) is 0. The maximum absolute atomic E-state index is 8.21. The lowest BCUT2D eigenvalue weighted by molar-refractivity contribution is 0.286. The molecule has 2 unspecified atom stereocenters. The first-order valence-electron chi connectivity index (χ1n) is 6.16. The van der Waals surface area contributed by atoms with Crippen LogP contribution in [0.1, 0.15) is 59.7 Å². The van der Waals surface area contributed by atoms with Gasteiger partial charge in [0.2, 0.25) is 0 Å². The molecule has 0 amide bonds. The fourth-order valence-corrected chi connectivity index (χ4v) is 2.99. The van der Waals surface area contributed by atoms with Crippen LogP contribution in [-0.2, 0) is 0 Å². The van der Waals surface area contributed by atoms with Gasteiger partial charge < -0.3 is 0 Å². The molecular weight excluding hydrogens is 144 g/mol. The minimum atomic E-state index is -0.103. The molecule has 2 saturated carbocycles. The van der Waals surface area contributed by atoms with Crippen molar-refractivity contribution >= 4 is 0 Å². The van der Waals surface area contributed by atoms with E-state index in [1.165, 1.54) is 44.9 Å². The molecule has 2 aliphatic rings. The van der Waals surface area contributed by atoms with Gasteiger partial charge in [-0.25, -0.2) is 0 Å². The summed E-state index contributed by atoms with van der Waals surface area (Å²) in [6.45, 7) is 2.15. The second kappa shape index (κ2) is 3.81. The SMILES string of the molecule is [2H][C@@]1(C)CCC2CCCC(CC2)C1. The van der Waals surface area contributed by atoms with Crippen LogP contribution in [0.5, 0.6) is 0 Å². The molecule has 0 heterocycles. The van der Waals surface area contributed by atoms with Gasteiger partial charge >= 0.3 is 0 Å². The first kappa shape index (κ1) is 7.41. The molecular formula is C12H22. The molecule has 2 fully saturated rings. The summed E-state index contributed by atoms with van der Waals surface area (Å²) in [5.41, 5.74) is 0. The summed E-state index contributed by atoms with van der Waals surface area (Å²) in [5, 5.41) is 0. The summed E-state index contributed by atoms with van der Waals surface area (Å²) >= 11 is 0. The molecule has 3 atom stereocenters. The van der Waals surface area contributed by atoms with Crippen molar-refractivity contribution in [2.75, 3.05) is 0 Å². The van der Waals surface area contributed by atoms with E-state index in [-0.39, 0.29) is 5.89 Å². The van der Waals surface area contributed by atoms with Crippen molar-refractivity contribution in [2.24, 2.45) is 17.7 Å². The summed E-state index contributed by atoms with van der Waals surface area (Å²) < 4.78 is 8.21. The third kappa shape index (κ3) is 2.02. The molecule has 2 bridgehead atoms. The monoisotopic (exact) mass is 167 g/mol. The molecule has 0 aromatic carbocycles. The smallest absolute Gasteiger partial charge is 0.0300 e. The van der Waals surface area contributed by atoms with Gasteiger partial charge in [0.25, 0.3) is 0 Å². The number of hydrogen-bond acceptors (Lipinski definition) is 0. The molecule has 2 rings (SSSR count). The topological polar surface area (TPSA) is 0 Å². The van der Waals surface area contributed by atoms with Crippen molar-refractivity contribution in [3.05, 3.63) is 0 Å². The first-order valence-corrected chi connectivity index (χ1v) is 5.66. The van der Waals surface area contributed by atoms with E-state index in [2.05, 4.69) is 6.92 Å². The molecule has 0 aromatic rings. The maximum atomic E-state index is 8.21. The van der Waals surface area contributed by atoms with Crippen molar-refractivity contribution in [2.45, 2.75) is 58.3 Å². The Morgan fingerprint density at radius 1 is 0.917 bits per heavy atom. The Morgan fingerprint density at radius 3 is 2.50 bits per heavy atom. The van der Waals surface area contributed by atoms with E-state index in [1.54, 1.807) is 0 Å². The zero-order valence-corrected chi connectivity index (χ0v) is 8.31. The van der Waals surface area contributed by atoms with Crippen molar-refractivity contribution in [3.8, 4) is 0 Å². The Balaban J connectivity index is 2.07. The molecule has 70 valence electrons. The van der Waals surface area contributed by atoms with E-state index in [4.69, 9.17) is 1.37 Å². The first-order chi connectivity index (χ1) is 6.16. The van der Waals surface area contributed by atoms with E-state index in [9.17, 15) is 0 Å². The molecule has 12 heavy (non-hydrogen) atoms. The summed E-state index contributed by atoms with van der Waals surface area (Å²) in [4.78, 5) is 0. The lowest BCUT2D eigenvalue weighted by Crippen LogP contribution is -2.11. The van der Waals surface area contributed by atoms with Gasteiger partial charge in [-0.15, -0.1) is 0 Å². The minimum Gasteiger partial charge on any atom is -0.0625 e. The summed E-state index contributed by atoms with van der Waals surface area (Å²) in [5.74, 6) is 1.75. The Labute approximate surface area is 78.1 Å². The van der Waals surface area contributed by atoms with Crippen molar-refractivity contribution < 1.29 is 1.37 Å². The van der Waals surface area contributed by atoms with E-state index in [0.717, 1.165) is 18.3 Å². The van der Waals surface area contributed by atoms with Crippen LogP contribution in [0.25, 0.3) is 0 Å². The second-order valence-corrected chi connectivity index (χ2v) is 4.94. The third-order valence-corrected chi connectivity index (χ3v) is 3.82. The molecule has 0 heteroatoms. The molecule has 0 nitrogen and oxygen atoms in total. The van der Waals surface area contributed by atoms with E-state index >= 15 is 0 Å². The third-order valence-electron chi connectivity index (χ3n) is 3.82. The number of hydrogen-bond donors (Lipinski definition) is 0.